The molecule has 1 heterocycles. The van der Waals surface area contributed by atoms with Crippen LogP contribution in [0.15, 0.2) is 71.8 Å². The Labute approximate surface area is 145 Å². The summed E-state index contributed by atoms with van der Waals surface area (Å²) in [5.41, 5.74) is 3.82. The Morgan fingerprint density at radius 3 is 2.38 bits per heavy atom. The molecule has 0 aliphatic rings. The van der Waals surface area contributed by atoms with Gasteiger partial charge in [-0.15, -0.1) is 10.2 Å². The molecular weight excluding hydrogens is 318 g/mol. The topological polar surface area (TPSA) is 54.9 Å². The SMILES string of the molecule is Cc1ccc(NC(=O)CSc2ccc(-c3ccccc3)nn2)cc1. The fraction of sp³-hybridized carbons (Fsp3) is 0.105. The van der Waals surface area contributed by atoms with Crippen LogP contribution in [0, 0.1) is 6.92 Å². The second-order valence-corrected chi connectivity index (χ2v) is 6.32. The first-order chi connectivity index (χ1) is 11.7. The van der Waals surface area contributed by atoms with Gasteiger partial charge in [0.2, 0.25) is 5.91 Å². The van der Waals surface area contributed by atoms with Crippen LogP contribution in [-0.2, 0) is 4.79 Å². The third kappa shape index (κ3) is 4.43. The summed E-state index contributed by atoms with van der Waals surface area (Å²) in [6.45, 7) is 2.01. The van der Waals surface area contributed by atoms with Crippen molar-refractivity contribution in [3.05, 3.63) is 72.3 Å². The lowest BCUT2D eigenvalue weighted by atomic mass is 10.1. The van der Waals surface area contributed by atoms with E-state index >= 15 is 0 Å². The number of amides is 1. The number of thioether (sulfide) groups is 1. The van der Waals surface area contributed by atoms with Crippen LogP contribution in [0.25, 0.3) is 11.3 Å². The molecule has 3 rings (SSSR count). The zero-order valence-corrected chi connectivity index (χ0v) is 14.1. The number of aromatic nitrogens is 2. The standard InChI is InChI=1S/C19H17N3OS/c1-14-7-9-16(10-8-14)20-18(23)13-24-19-12-11-17(21-22-19)15-5-3-2-4-6-15/h2-12H,13H2,1H3,(H,20,23). The molecule has 0 fully saturated rings. The van der Waals surface area contributed by atoms with Gasteiger partial charge in [-0.1, -0.05) is 59.8 Å². The number of nitrogens with one attached hydrogen (secondary N) is 1. The van der Waals surface area contributed by atoms with Crippen molar-refractivity contribution in [1.82, 2.24) is 10.2 Å². The molecule has 0 bridgehead atoms. The average Bonchev–Trinajstić information content (AvgIpc) is 2.63. The fourth-order valence-electron chi connectivity index (χ4n) is 2.13. The number of anilines is 1. The van der Waals surface area contributed by atoms with Gasteiger partial charge < -0.3 is 5.32 Å². The monoisotopic (exact) mass is 335 g/mol. The highest BCUT2D eigenvalue weighted by Crippen LogP contribution is 2.19. The highest BCUT2D eigenvalue weighted by molar-refractivity contribution is 7.99. The summed E-state index contributed by atoms with van der Waals surface area (Å²) >= 11 is 1.37. The van der Waals surface area contributed by atoms with E-state index < -0.39 is 0 Å². The van der Waals surface area contributed by atoms with E-state index in [1.54, 1.807) is 0 Å². The maximum absolute atomic E-state index is 12.0. The molecule has 0 radical (unpaired) electrons. The summed E-state index contributed by atoms with van der Waals surface area (Å²) in [7, 11) is 0. The van der Waals surface area contributed by atoms with Gasteiger partial charge in [-0.05, 0) is 31.2 Å². The number of rotatable bonds is 5. The van der Waals surface area contributed by atoms with Gasteiger partial charge in [0.15, 0.2) is 0 Å². The van der Waals surface area contributed by atoms with Crippen LogP contribution in [0.3, 0.4) is 0 Å². The minimum absolute atomic E-state index is 0.0576. The molecule has 0 saturated heterocycles. The van der Waals surface area contributed by atoms with Crippen molar-refractivity contribution in [1.29, 1.82) is 0 Å². The number of benzene rings is 2. The molecule has 0 spiro atoms. The number of hydrogen-bond acceptors (Lipinski definition) is 4. The lowest BCUT2D eigenvalue weighted by molar-refractivity contribution is -0.113. The molecule has 5 heteroatoms. The van der Waals surface area contributed by atoms with E-state index in [0.29, 0.717) is 5.75 Å². The summed E-state index contributed by atoms with van der Waals surface area (Å²) in [5, 5.41) is 12.0. The van der Waals surface area contributed by atoms with Gasteiger partial charge in [-0.2, -0.15) is 0 Å². The normalized spacial score (nSPS) is 10.4. The van der Waals surface area contributed by atoms with Gasteiger partial charge in [0.1, 0.15) is 5.03 Å². The third-order valence-electron chi connectivity index (χ3n) is 3.40. The fourth-order valence-corrected chi connectivity index (χ4v) is 2.75. The van der Waals surface area contributed by atoms with Crippen molar-refractivity contribution >= 4 is 23.4 Å². The van der Waals surface area contributed by atoms with Crippen molar-refractivity contribution in [2.45, 2.75) is 11.9 Å². The van der Waals surface area contributed by atoms with Gasteiger partial charge in [-0.25, -0.2) is 0 Å². The van der Waals surface area contributed by atoms with Crippen LogP contribution in [0.5, 0.6) is 0 Å². The van der Waals surface area contributed by atoms with Crippen molar-refractivity contribution in [3.63, 3.8) is 0 Å². The maximum atomic E-state index is 12.0. The first kappa shape index (κ1) is 16.2. The Morgan fingerprint density at radius 1 is 0.958 bits per heavy atom. The smallest absolute Gasteiger partial charge is 0.234 e. The number of carbonyl (C=O) groups excluding carboxylic acids is 1. The minimum Gasteiger partial charge on any atom is -0.325 e. The summed E-state index contributed by atoms with van der Waals surface area (Å²) in [5.74, 6) is 0.241. The summed E-state index contributed by atoms with van der Waals surface area (Å²) in [6, 6.07) is 21.4. The van der Waals surface area contributed by atoms with E-state index in [-0.39, 0.29) is 5.91 Å². The number of nitrogens with zero attached hydrogens (tertiary/aromatic N) is 2. The van der Waals surface area contributed by atoms with Crippen LogP contribution >= 0.6 is 11.8 Å². The van der Waals surface area contributed by atoms with E-state index in [9.17, 15) is 4.79 Å². The average molecular weight is 335 g/mol. The lowest BCUT2D eigenvalue weighted by Gasteiger charge is -2.05. The Morgan fingerprint density at radius 2 is 1.71 bits per heavy atom. The van der Waals surface area contributed by atoms with Crippen LogP contribution in [0.2, 0.25) is 0 Å². The predicted octanol–water partition coefficient (Wildman–Crippen LogP) is 4.18. The van der Waals surface area contributed by atoms with Crippen LogP contribution < -0.4 is 5.32 Å². The Balaban J connectivity index is 1.54. The molecule has 1 aromatic heterocycles. The minimum atomic E-state index is -0.0576. The zero-order valence-electron chi connectivity index (χ0n) is 13.3. The Hall–Kier alpha value is -2.66. The van der Waals surface area contributed by atoms with E-state index in [2.05, 4.69) is 15.5 Å². The molecule has 0 aliphatic heterocycles. The van der Waals surface area contributed by atoms with Gasteiger partial charge in [0.25, 0.3) is 0 Å². The van der Waals surface area contributed by atoms with Gasteiger partial charge in [-0.3, -0.25) is 4.79 Å². The lowest BCUT2D eigenvalue weighted by Crippen LogP contribution is -2.14. The molecule has 0 saturated carbocycles. The highest BCUT2D eigenvalue weighted by atomic mass is 32.2. The summed E-state index contributed by atoms with van der Waals surface area (Å²) in [4.78, 5) is 12.0. The predicted molar refractivity (Wildman–Crippen MR) is 98.0 cm³/mol. The molecule has 2 aromatic carbocycles. The second kappa shape index (κ2) is 7.75. The third-order valence-corrected chi connectivity index (χ3v) is 4.32. The van der Waals surface area contributed by atoms with Crippen molar-refractivity contribution in [3.8, 4) is 11.3 Å². The first-order valence-corrected chi connectivity index (χ1v) is 8.58. The molecule has 4 nitrogen and oxygen atoms in total. The Bertz CT molecular complexity index is 802. The molecule has 0 unspecified atom stereocenters. The second-order valence-electron chi connectivity index (χ2n) is 5.33. The van der Waals surface area contributed by atoms with Crippen molar-refractivity contribution in [2.75, 3.05) is 11.1 Å². The number of hydrogen-bond donors (Lipinski definition) is 1. The molecule has 1 amide bonds. The molecule has 3 aromatic rings. The van der Waals surface area contributed by atoms with Gasteiger partial charge >= 0.3 is 0 Å². The van der Waals surface area contributed by atoms with Crippen LogP contribution in [0.1, 0.15) is 5.56 Å². The summed E-state index contributed by atoms with van der Waals surface area (Å²) < 4.78 is 0. The maximum Gasteiger partial charge on any atom is 0.234 e. The highest BCUT2D eigenvalue weighted by Gasteiger charge is 2.06. The quantitative estimate of drug-likeness (QED) is 0.711. The molecule has 24 heavy (non-hydrogen) atoms. The van der Waals surface area contributed by atoms with Crippen molar-refractivity contribution in [2.24, 2.45) is 0 Å². The first-order valence-electron chi connectivity index (χ1n) is 7.59. The molecular formula is C19H17N3OS. The zero-order chi connectivity index (χ0) is 16.8. The van der Waals surface area contributed by atoms with Crippen molar-refractivity contribution < 1.29 is 4.79 Å². The molecule has 1 N–H and O–H groups in total. The van der Waals surface area contributed by atoms with E-state index in [1.165, 1.54) is 11.8 Å². The number of carbonyl (C=O) groups is 1. The number of aryl methyl sites for hydroxylation is 1. The van der Waals surface area contributed by atoms with Gasteiger partial charge in [0, 0.05) is 11.3 Å². The van der Waals surface area contributed by atoms with E-state index in [1.807, 2.05) is 73.7 Å². The Kier molecular flexibility index (Phi) is 5.23. The van der Waals surface area contributed by atoms with Gasteiger partial charge in [0.05, 0.1) is 11.4 Å². The summed E-state index contributed by atoms with van der Waals surface area (Å²) in [6.07, 6.45) is 0. The molecule has 120 valence electrons. The van der Waals surface area contributed by atoms with Crippen LogP contribution in [-0.4, -0.2) is 21.9 Å². The molecule has 0 aliphatic carbocycles. The van der Waals surface area contributed by atoms with E-state index in [4.69, 9.17) is 0 Å². The van der Waals surface area contributed by atoms with E-state index in [0.717, 1.165) is 27.5 Å². The van der Waals surface area contributed by atoms with Crippen LogP contribution in [0.4, 0.5) is 5.69 Å². The molecule has 0 atom stereocenters. The largest absolute Gasteiger partial charge is 0.325 e.